The van der Waals surface area contributed by atoms with Crippen LogP contribution >= 0.6 is 0 Å². The molecule has 0 aliphatic heterocycles. The fourth-order valence-electron chi connectivity index (χ4n) is 8.20. The lowest BCUT2D eigenvalue weighted by Crippen LogP contribution is -2.03. The number of nitrogens with zero attached hydrogens (tertiary/aromatic N) is 3. The van der Waals surface area contributed by atoms with Gasteiger partial charge in [-0.1, -0.05) is 200 Å². The molecule has 10 rings (SSSR count). The fourth-order valence-corrected chi connectivity index (χ4v) is 8.20. The molecule has 0 saturated heterocycles. The molecule has 0 fully saturated rings. The molecule has 0 radical (unpaired) electrons. The van der Waals surface area contributed by atoms with Crippen molar-refractivity contribution in [1.82, 2.24) is 15.4 Å². The Morgan fingerprint density at radius 2 is 0.648 bits per heavy atom. The van der Waals surface area contributed by atoms with E-state index in [1.54, 1.807) is 0 Å². The lowest BCUT2D eigenvalue weighted by molar-refractivity contribution is 0.879. The van der Waals surface area contributed by atoms with Gasteiger partial charge in [-0.15, -0.1) is 10.2 Å². The molecule has 10 aromatic rings. The lowest BCUT2D eigenvalue weighted by Gasteiger charge is -2.22. The highest BCUT2D eigenvalue weighted by Crippen LogP contribution is 2.49. The van der Waals surface area contributed by atoms with Gasteiger partial charge in [0.15, 0.2) is 0 Å². The van der Waals surface area contributed by atoms with Crippen molar-refractivity contribution in [3.8, 4) is 67.0 Å². The minimum absolute atomic E-state index is 0.783. The summed E-state index contributed by atoms with van der Waals surface area (Å²) in [6.45, 7) is 0. The normalized spacial score (nSPS) is 11.3. The van der Waals surface area contributed by atoms with E-state index in [-0.39, 0.29) is 0 Å². The van der Waals surface area contributed by atoms with Crippen molar-refractivity contribution < 1.29 is 0 Å². The molecule has 0 spiro atoms. The summed E-state index contributed by atoms with van der Waals surface area (Å²) in [4.78, 5) is 0. The number of rotatable bonds is 6. The van der Waals surface area contributed by atoms with Gasteiger partial charge in [0.1, 0.15) is 11.4 Å². The second kappa shape index (κ2) is 13.4. The summed E-state index contributed by atoms with van der Waals surface area (Å²) in [5.74, 6) is 0. The van der Waals surface area contributed by atoms with Crippen LogP contribution in [0.1, 0.15) is 0 Å². The molecule has 0 amide bonds. The third kappa shape index (κ3) is 5.25. The predicted molar refractivity (Wildman–Crippen MR) is 225 cm³/mol. The second-order valence-electron chi connectivity index (χ2n) is 13.6. The molecule has 0 unspecified atom stereocenters. The van der Waals surface area contributed by atoms with E-state index in [0.29, 0.717) is 0 Å². The average Bonchev–Trinajstić information content (AvgIpc) is 3.26. The Bertz CT molecular complexity index is 2930. The van der Waals surface area contributed by atoms with Gasteiger partial charge in [0.25, 0.3) is 0 Å². The van der Waals surface area contributed by atoms with Crippen LogP contribution in [0, 0.1) is 0 Å². The molecule has 252 valence electrons. The van der Waals surface area contributed by atoms with E-state index < -0.39 is 0 Å². The number of benzene rings is 9. The van der Waals surface area contributed by atoms with E-state index in [4.69, 9.17) is 10.2 Å². The van der Waals surface area contributed by atoms with Crippen molar-refractivity contribution >= 4 is 32.3 Å². The van der Waals surface area contributed by atoms with Gasteiger partial charge in [0, 0.05) is 16.7 Å². The predicted octanol–water partition coefficient (Wildman–Crippen LogP) is 13.3. The quantitative estimate of drug-likeness (QED) is 0.163. The Hall–Kier alpha value is -7.23. The fraction of sp³-hybridized carbons (Fsp3) is 0. The van der Waals surface area contributed by atoms with Crippen LogP contribution in [0.2, 0.25) is 0 Å². The van der Waals surface area contributed by atoms with Crippen molar-refractivity contribution in [2.45, 2.75) is 0 Å². The van der Waals surface area contributed by atoms with E-state index in [9.17, 15) is 0 Å². The van der Waals surface area contributed by atoms with Gasteiger partial charge in [-0.2, -0.15) is 0 Å². The zero-order chi connectivity index (χ0) is 35.8. The average molecular weight is 688 g/mol. The number of hydrogen-bond donors (Lipinski definition) is 0. The Balaban J connectivity index is 1.38. The largest absolute Gasteiger partial charge is 0.129 e. The highest BCUT2D eigenvalue weighted by molar-refractivity contribution is 6.29. The van der Waals surface area contributed by atoms with Gasteiger partial charge in [-0.25, -0.2) is 0 Å². The molecular formula is C51H33N3. The van der Waals surface area contributed by atoms with Gasteiger partial charge in [-0.3, -0.25) is 0 Å². The number of fused-ring (bicyclic) bond motifs is 6. The van der Waals surface area contributed by atoms with Gasteiger partial charge in [-0.05, 0) is 76.5 Å². The van der Waals surface area contributed by atoms with Crippen LogP contribution < -0.4 is 0 Å². The van der Waals surface area contributed by atoms with Crippen molar-refractivity contribution in [3.05, 3.63) is 200 Å². The minimum atomic E-state index is 0.783. The zero-order valence-corrected chi connectivity index (χ0v) is 29.4. The smallest absolute Gasteiger partial charge is 0.106 e. The summed E-state index contributed by atoms with van der Waals surface area (Å²) in [5, 5.41) is 21.7. The molecule has 0 bridgehead atoms. The van der Waals surface area contributed by atoms with Crippen LogP contribution in [0.5, 0.6) is 0 Å². The van der Waals surface area contributed by atoms with Crippen molar-refractivity contribution in [2.75, 3.05) is 0 Å². The minimum Gasteiger partial charge on any atom is -0.129 e. The molecule has 54 heavy (non-hydrogen) atoms. The Morgan fingerprint density at radius 3 is 1.30 bits per heavy atom. The van der Waals surface area contributed by atoms with Crippen LogP contribution in [0.15, 0.2) is 200 Å². The van der Waals surface area contributed by atoms with Crippen molar-refractivity contribution in [1.29, 1.82) is 0 Å². The first-order valence-corrected chi connectivity index (χ1v) is 18.3. The topological polar surface area (TPSA) is 38.7 Å². The third-order valence-corrected chi connectivity index (χ3v) is 10.5. The SMILES string of the molecule is c1ccc(-c2ccccc2-c2cccc(-c3cccc4c5ccccc5c5ccccc5c34)c2-c2nnnc(-c3ccccc3)c2-c2ccccc2)cc1. The molecule has 0 saturated carbocycles. The van der Waals surface area contributed by atoms with Crippen LogP contribution in [0.3, 0.4) is 0 Å². The summed E-state index contributed by atoms with van der Waals surface area (Å²) >= 11 is 0. The zero-order valence-electron chi connectivity index (χ0n) is 29.4. The molecule has 3 heteroatoms. The van der Waals surface area contributed by atoms with Crippen LogP contribution in [-0.4, -0.2) is 15.4 Å². The van der Waals surface area contributed by atoms with Crippen molar-refractivity contribution in [3.63, 3.8) is 0 Å². The summed E-state index contributed by atoms with van der Waals surface area (Å²) in [6.07, 6.45) is 0. The Morgan fingerprint density at radius 1 is 0.241 bits per heavy atom. The van der Waals surface area contributed by atoms with Gasteiger partial charge in [0.2, 0.25) is 0 Å². The standard InChI is InChI=1S/C51H33N3/c1-4-18-34(19-5-1)37-24-10-11-25-38(37)44-31-17-33-46(45-32-16-30-43-41-27-13-12-26-39(41)40-28-14-15-29-42(40)48(43)45)49(44)51-47(35-20-6-2-7-21-35)50(52-54-53-51)36-22-8-3-9-23-36/h1-33H. The van der Waals surface area contributed by atoms with Gasteiger partial charge in [0.05, 0.1) is 0 Å². The molecule has 0 atom stereocenters. The second-order valence-corrected chi connectivity index (χ2v) is 13.6. The first-order valence-electron chi connectivity index (χ1n) is 18.3. The Kier molecular flexibility index (Phi) is 7.81. The third-order valence-electron chi connectivity index (χ3n) is 10.5. The molecule has 1 heterocycles. The molecule has 9 aromatic carbocycles. The summed E-state index contributed by atoms with van der Waals surface area (Å²) in [6, 6.07) is 71.1. The maximum atomic E-state index is 5.02. The van der Waals surface area contributed by atoms with E-state index in [1.807, 2.05) is 18.2 Å². The molecule has 0 aliphatic carbocycles. The highest BCUT2D eigenvalue weighted by Gasteiger charge is 2.25. The van der Waals surface area contributed by atoms with E-state index in [0.717, 1.165) is 67.0 Å². The maximum absolute atomic E-state index is 5.02. The Labute approximate surface area is 313 Å². The highest BCUT2D eigenvalue weighted by atomic mass is 15.3. The van der Waals surface area contributed by atoms with Crippen LogP contribution in [0.4, 0.5) is 0 Å². The van der Waals surface area contributed by atoms with Crippen LogP contribution in [-0.2, 0) is 0 Å². The molecule has 3 nitrogen and oxygen atoms in total. The summed E-state index contributed by atoms with van der Waals surface area (Å²) in [5.41, 5.74) is 12.3. The maximum Gasteiger partial charge on any atom is 0.106 e. The van der Waals surface area contributed by atoms with E-state index >= 15 is 0 Å². The molecular weight excluding hydrogens is 655 g/mol. The summed E-state index contributed by atoms with van der Waals surface area (Å²) < 4.78 is 0. The first-order chi connectivity index (χ1) is 26.8. The molecule has 0 N–H and O–H groups in total. The molecule has 1 aromatic heterocycles. The monoisotopic (exact) mass is 687 g/mol. The van der Waals surface area contributed by atoms with Gasteiger partial charge >= 0.3 is 0 Å². The summed E-state index contributed by atoms with van der Waals surface area (Å²) in [7, 11) is 0. The van der Waals surface area contributed by atoms with Gasteiger partial charge < -0.3 is 0 Å². The van der Waals surface area contributed by atoms with Crippen LogP contribution in [0.25, 0.3) is 99.3 Å². The first kappa shape index (κ1) is 31.5. The number of hydrogen-bond acceptors (Lipinski definition) is 3. The molecule has 0 aliphatic rings. The van der Waals surface area contributed by atoms with Crippen molar-refractivity contribution in [2.24, 2.45) is 0 Å². The lowest BCUT2D eigenvalue weighted by atomic mass is 9.82. The number of aromatic nitrogens is 3. The van der Waals surface area contributed by atoms with E-state index in [1.165, 1.54) is 32.3 Å². The van der Waals surface area contributed by atoms with E-state index in [2.05, 4.69) is 187 Å².